The van der Waals surface area contributed by atoms with Crippen LogP contribution in [0.2, 0.25) is 0 Å². The molecule has 0 spiro atoms. The third-order valence-electron chi connectivity index (χ3n) is 4.08. The van der Waals surface area contributed by atoms with Crippen LogP contribution in [0.15, 0.2) is 4.52 Å². The fraction of sp³-hybridized carbons (Fsp3) is 0.846. The third-order valence-corrected chi connectivity index (χ3v) is 4.08. The fourth-order valence-electron chi connectivity index (χ4n) is 2.93. The van der Waals surface area contributed by atoms with Crippen molar-refractivity contribution in [3.8, 4) is 0 Å². The summed E-state index contributed by atoms with van der Waals surface area (Å²) in [5.74, 6) is 1.74. The van der Waals surface area contributed by atoms with Crippen LogP contribution in [0.1, 0.15) is 49.4 Å². The summed E-state index contributed by atoms with van der Waals surface area (Å²) >= 11 is 0. The average Bonchev–Trinajstić information content (AvgIpc) is 2.88. The molecule has 2 N–H and O–H groups in total. The van der Waals surface area contributed by atoms with Gasteiger partial charge in [0.25, 0.3) is 0 Å². The van der Waals surface area contributed by atoms with Gasteiger partial charge < -0.3 is 19.9 Å². The SMILES string of the molecule is CN1CCOC(c2noc(C3CCCC(N)C3)n2)C1. The van der Waals surface area contributed by atoms with Gasteiger partial charge in [-0.15, -0.1) is 0 Å². The zero-order chi connectivity index (χ0) is 13.2. The van der Waals surface area contributed by atoms with Crippen LogP contribution in [-0.2, 0) is 4.74 Å². The second-order valence-corrected chi connectivity index (χ2v) is 5.74. The van der Waals surface area contributed by atoms with E-state index in [1.807, 2.05) is 0 Å². The van der Waals surface area contributed by atoms with E-state index in [9.17, 15) is 0 Å². The van der Waals surface area contributed by atoms with Crippen molar-refractivity contribution in [3.05, 3.63) is 11.7 Å². The van der Waals surface area contributed by atoms with E-state index in [4.69, 9.17) is 15.0 Å². The van der Waals surface area contributed by atoms with Gasteiger partial charge in [0.05, 0.1) is 6.61 Å². The highest BCUT2D eigenvalue weighted by Crippen LogP contribution is 2.32. The normalized spacial score (nSPS) is 33.5. The van der Waals surface area contributed by atoms with Gasteiger partial charge in [0.2, 0.25) is 11.7 Å². The summed E-state index contributed by atoms with van der Waals surface area (Å²) in [7, 11) is 2.08. The van der Waals surface area contributed by atoms with Gasteiger partial charge in [-0.1, -0.05) is 11.6 Å². The molecule has 3 atom stereocenters. The van der Waals surface area contributed by atoms with Gasteiger partial charge in [0.1, 0.15) is 6.10 Å². The number of hydrogen-bond donors (Lipinski definition) is 1. The molecule has 1 saturated heterocycles. The van der Waals surface area contributed by atoms with Crippen LogP contribution in [0, 0.1) is 0 Å². The van der Waals surface area contributed by atoms with E-state index in [2.05, 4.69) is 22.1 Å². The van der Waals surface area contributed by atoms with Crippen molar-refractivity contribution in [1.82, 2.24) is 15.0 Å². The van der Waals surface area contributed by atoms with Crippen LogP contribution in [0.3, 0.4) is 0 Å². The molecule has 6 nitrogen and oxygen atoms in total. The summed E-state index contributed by atoms with van der Waals surface area (Å²) in [4.78, 5) is 6.76. The highest BCUT2D eigenvalue weighted by Gasteiger charge is 2.29. The van der Waals surface area contributed by atoms with Crippen molar-refractivity contribution in [1.29, 1.82) is 0 Å². The molecule has 2 aliphatic rings. The molecule has 6 heteroatoms. The standard InChI is InChI=1S/C13H22N4O2/c1-17-5-6-18-11(8-17)12-15-13(19-16-12)9-3-2-4-10(14)7-9/h9-11H,2-8,14H2,1H3. The number of aromatic nitrogens is 2. The number of nitrogens with zero attached hydrogens (tertiary/aromatic N) is 3. The lowest BCUT2D eigenvalue weighted by Gasteiger charge is -2.27. The molecule has 2 fully saturated rings. The summed E-state index contributed by atoms with van der Waals surface area (Å²) in [6.07, 6.45) is 4.24. The molecule has 1 saturated carbocycles. The third kappa shape index (κ3) is 2.96. The summed E-state index contributed by atoms with van der Waals surface area (Å²) < 4.78 is 11.1. The van der Waals surface area contributed by atoms with Crippen LogP contribution in [0.4, 0.5) is 0 Å². The summed E-state index contributed by atoms with van der Waals surface area (Å²) in [6, 6.07) is 0.270. The summed E-state index contributed by atoms with van der Waals surface area (Å²) in [5, 5.41) is 4.10. The Hall–Kier alpha value is -0.980. The second-order valence-electron chi connectivity index (χ2n) is 5.74. The van der Waals surface area contributed by atoms with Gasteiger partial charge >= 0.3 is 0 Å². The van der Waals surface area contributed by atoms with E-state index in [0.29, 0.717) is 11.7 Å². The van der Waals surface area contributed by atoms with Gasteiger partial charge in [-0.2, -0.15) is 4.98 Å². The Kier molecular flexibility index (Phi) is 3.81. The minimum Gasteiger partial charge on any atom is -0.367 e. The zero-order valence-corrected chi connectivity index (χ0v) is 11.4. The van der Waals surface area contributed by atoms with Gasteiger partial charge in [-0.3, -0.25) is 0 Å². The molecule has 0 amide bonds. The number of likely N-dealkylation sites (N-methyl/N-ethyl adjacent to an activating group) is 1. The lowest BCUT2D eigenvalue weighted by Crippen LogP contribution is -2.35. The molecule has 106 valence electrons. The molecule has 2 heterocycles. The average molecular weight is 266 g/mol. The maximum atomic E-state index is 6.01. The molecule has 1 aliphatic heterocycles. The molecule has 3 unspecified atom stereocenters. The smallest absolute Gasteiger partial charge is 0.229 e. The monoisotopic (exact) mass is 266 g/mol. The van der Waals surface area contributed by atoms with Gasteiger partial charge in [-0.05, 0) is 26.3 Å². The first kappa shape index (κ1) is 13.0. The van der Waals surface area contributed by atoms with E-state index in [1.165, 1.54) is 0 Å². The topological polar surface area (TPSA) is 77.4 Å². The predicted molar refractivity (Wildman–Crippen MR) is 69.7 cm³/mol. The first-order valence-electron chi connectivity index (χ1n) is 7.11. The zero-order valence-electron chi connectivity index (χ0n) is 11.4. The van der Waals surface area contributed by atoms with E-state index < -0.39 is 0 Å². The molecule has 1 aliphatic carbocycles. The summed E-state index contributed by atoms with van der Waals surface area (Å²) in [5.41, 5.74) is 6.01. The van der Waals surface area contributed by atoms with Crippen molar-refractivity contribution in [2.24, 2.45) is 5.73 Å². The lowest BCUT2D eigenvalue weighted by molar-refractivity contribution is -0.0264. The molecule has 19 heavy (non-hydrogen) atoms. The summed E-state index contributed by atoms with van der Waals surface area (Å²) in [6.45, 7) is 2.50. The van der Waals surface area contributed by atoms with Crippen molar-refractivity contribution in [3.63, 3.8) is 0 Å². The van der Waals surface area contributed by atoms with Crippen molar-refractivity contribution in [2.75, 3.05) is 26.7 Å². The molecule has 1 aromatic rings. The maximum Gasteiger partial charge on any atom is 0.229 e. The molecule has 0 bridgehead atoms. The van der Waals surface area contributed by atoms with E-state index in [-0.39, 0.29) is 12.1 Å². The fourth-order valence-corrected chi connectivity index (χ4v) is 2.93. The Morgan fingerprint density at radius 2 is 2.26 bits per heavy atom. The number of morpholine rings is 1. The molecular weight excluding hydrogens is 244 g/mol. The first-order chi connectivity index (χ1) is 9.22. The van der Waals surface area contributed by atoms with Crippen molar-refractivity contribution in [2.45, 2.75) is 43.7 Å². The van der Waals surface area contributed by atoms with Crippen LogP contribution in [-0.4, -0.2) is 47.8 Å². The Balaban J connectivity index is 1.68. The predicted octanol–water partition coefficient (Wildman–Crippen LogP) is 1.06. The lowest BCUT2D eigenvalue weighted by atomic mass is 9.86. The number of ether oxygens (including phenoxy) is 1. The quantitative estimate of drug-likeness (QED) is 0.862. The second kappa shape index (κ2) is 5.56. The first-order valence-corrected chi connectivity index (χ1v) is 7.11. The maximum absolute atomic E-state index is 6.01. The molecule has 0 aromatic carbocycles. The molecule has 1 aromatic heterocycles. The number of nitrogens with two attached hydrogens (primary N) is 1. The van der Waals surface area contributed by atoms with Crippen molar-refractivity contribution >= 4 is 0 Å². The molecule has 3 rings (SSSR count). The van der Waals surface area contributed by atoms with E-state index >= 15 is 0 Å². The number of rotatable bonds is 2. The largest absolute Gasteiger partial charge is 0.367 e. The molecule has 0 radical (unpaired) electrons. The van der Waals surface area contributed by atoms with E-state index in [1.54, 1.807) is 0 Å². The van der Waals surface area contributed by atoms with Crippen LogP contribution >= 0.6 is 0 Å². The van der Waals surface area contributed by atoms with Gasteiger partial charge in [0.15, 0.2) is 0 Å². The van der Waals surface area contributed by atoms with Crippen LogP contribution in [0.5, 0.6) is 0 Å². The van der Waals surface area contributed by atoms with E-state index in [0.717, 1.165) is 51.3 Å². The molecular formula is C13H22N4O2. The number of hydrogen-bond acceptors (Lipinski definition) is 6. The Morgan fingerprint density at radius 1 is 1.37 bits per heavy atom. The Morgan fingerprint density at radius 3 is 3.05 bits per heavy atom. The minimum atomic E-state index is -0.0616. The van der Waals surface area contributed by atoms with Crippen LogP contribution < -0.4 is 5.73 Å². The van der Waals surface area contributed by atoms with Gasteiger partial charge in [-0.25, -0.2) is 0 Å². The van der Waals surface area contributed by atoms with Crippen molar-refractivity contribution < 1.29 is 9.26 Å². The van der Waals surface area contributed by atoms with Crippen LogP contribution in [0.25, 0.3) is 0 Å². The van der Waals surface area contributed by atoms with Gasteiger partial charge in [0, 0.05) is 25.0 Å². The highest BCUT2D eigenvalue weighted by molar-refractivity contribution is 5.00. The highest BCUT2D eigenvalue weighted by atomic mass is 16.5. The Bertz CT molecular complexity index is 386. The Labute approximate surface area is 113 Å². The minimum absolute atomic E-state index is 0.0616.